The summed E-state index contributed by atoms with van der Waals surface area (Å²) in [5.74, 6) is -0.965. The van der Waals surface area contributed by atoms with Crippen LogP contribution in [-0.4, -0.2) is 68.8 Å². The lowest BCUT2D eigenvalue weighted by Crippen LogP contribution is -2.57. The van der Waals surface area contributed by atoms with E-state index in [1.807, 2.05) is 12.2 Å². The van der Waals surface area contributed by atoms with Crippen LogP contribution in [0.2, 0.25) is 57.9 Å². The molecule has 0 fully saturated rings. The molecule has 1 atom stereocenters. The third-order valence-electron chi connectivity index (χ3n) is 7.72. The Labute approximate surface area is 269 Å². The van der Waals surface area contributed by atoms with Crippen molar-refractivity contribution in [2.75, 3.05) is 6.54 Å². The number of carbonyl (C=O) groups excluding carboxylic acids is 4. The Hall–Kier alpha value is -2.99. The average molecular weight is 685 g/mol. The lowest BCUT2D eigenvalue weighted by molar-refractivity contribution is 0.0652. The molecule has 0 aliphatic carbocycles. The first-order valence-electron chi connectivity index (χ1n) is 15.3. The fourth-order valence-corrected chi connectivity index (χ4v) is 24.5. The maximum Gasteiger partial charge on any atom is 0.342 e. The van der Waals surface area contributed by atoms with E-state index in [4.69, 9.17) is 17.1 Å². The van der Waals surface area contributed by atoms with Gasteiger partial charge < -0.3 is 17.1 Å². The summed E-state index contributed by atoms with van der Waals surface area (Å²) in [4.78, 5) is 51.5. The van der Waals surface area contributed by atoms with Crippen molar-refractivity contribution in [1.82, 2.24) is 10.2 Å². The number of carbonyl (C=O) groups is 4. The summed E-state index contributed by atoms with van der Waals surface area (Å²) in [5.41, 5.74) is 2.96. The monoisotopic (exact) mass is 684 g/mol. The molecule has 0 saturated heterocycles. The van der Waals surface area contributed by atoms with Crippen LogP contribution in [0.5, 0.6) is 11.5 Å². The molecule has 1 N–H and O–H groups in total. The molecule has 45 heavy (non-hydrogen) atoms. The summed E-state index contributed by atoms with van der Waals surface area (Å²) in [6.45, 7) is 21.3. The lowest BCUT2D eigenvalue weighted by Gasteiger charge is -2.41. The highest BCUT2D eigenvalue weighted by Gasteiger charge is 2.44. The van der Waals surface area contributed by atoms with Gasteiger partial charge in [-0.2, -0.15) is 0 Å². The fraction of sp³-hybridized carbons (Fsp3) is 0.419. The van der Waals surface area contributed by atoms with Gasteiger partial charge in [0.15, 0.2) is 16.6 Å². The molecule has 2 aliphatic heterocycles. The Bertz CT molecular complexity index is 1540. The third-order valence-corrected chi connectivity index (χ3v) is 23.3. The van der Waals surface area contributed by atoms with Crippen LogP contribution in [0.4, 0.5) is 0 Å². The molecule has 0 aromatic heterocycles. The van der Waals surface area contributed by atoms with Crippen molar-refractivity contribution < 1.29 is 36.3 Å². The smallest absolute Gasteiger partial charge is 0.342 e. The normalized spacial score (nSPS) is 16.4. The van der Waals surface area contributed by atoms with E-state index in [-0.39, 0.29) is 35.0 Å². The van der Waals surface area contributed by atoms with E-state index < -0.39 is 45.6 Å². The zero-order chi connectivity index (χ0) is 33.4. The van der Waals surface area contributed by atoms with Crippen molar-refractivity contribution in [3.8, 4) is 11.5 Å². The molecule has 2 aliphatic rings. The molecule has 2 aromatic carbocycles. The maximum absolute atomic E-state index is 13.3. The van der Waals surface area contributed by atoms with Gasteiger partial charge in [-0.3, -0.25) is 29.4 Å². The van der Waals surface area contributed by atoms with Gasteiger partial charge in [0.05, 0.1) is 22.3 Å². The lowest BCUT2D eigenvalue weighted by atomic mass is 10.1. The molecule has 0 saturated carbocycles. The van der Waals surface area contributed by atoms with Gasteiger partial charge in [-0.25, -0.2) is 0 Å². The van der Waals surface area contributed by atoms with Crippen LogP contribution in [0.25, 0.3) is 0 Å². The standard InChI is InChI=1S/C31H44N2O8Si4/c1-10-18-42(3,4)40-45(9,11-2)41-44(7,8)39-43(5,6)19-12-17-33-30(36)25-16-14-23(21-27(25)31(33)37)38-22-13-15-24-26(20-22)29(35)32-28(24)34/h11,13-16,20-21H,2,10,12,17-19H2,1,3-9H3,(H,32,34,35). The molecule has 4 amide bonds. The Kier molecular flexibility index (Phi) is 10.1. The Morgan fingerprint density at radius 2 is 1.29 bits per heavy atom. The van der Waals surface area contributed by atoms with E-state index in [9.17, 15) is 19.2 Å². The van der Waals surface area contributed by atoms with Gasteiger partial charge in [-0.1, -0.05) is 19.0 Å². The molecule has 2 aromatic rings. The number of nitrogens with zero attached hydrogens (tertiary/aromatic N) is 1. The summed E-state index contributed by atoms with van der Waals surface area (Å²) in [7, 11) is -9.33. The van der Waals surface area contributed by atoms with E-state index in [0.717, 1.165) is 18.5 Å². The summed E-state index contributed by atoms with van der Waals surface area (Å²) in [5, 5.41) is 2.25. The molecular formula is C31H44N2O8Si4. The summed E-state index contributed by atoms with van der Waals surface area (Å²) >= 11 is 0. The quantitative estimate of drug-likeness (QED) is 0.162. The number of hydrogen-bond donors (Lipinski definition) is 1. The number of nitrogens with one attached hydrogen (secondary N) is 1. The van der Waals surface area contributed by atoms with E-state index in [1.165, 1.54) is 23.1 Å². The minimum absolute atomic E-state index is 0.229. The molecule has 14 heteroatoms. The number of ether oxygens (including phenoxy) is 1. The molecule has 1 unspecified atom stereocenters. The topological polar surface area (TPSA) is 120 Å². The molecule has 2 heterocycles. The van der Waals surface area contributed by atoms with Crippen LogP contribution in [0.1, 0.15) is 61.2 Å². The minimum atomic E-state index is -2.63. The van der Waals surface area contributed by atoms with Gasteiger partial charge in [0, 0.05) is 6.54 Å². The number of rotatable bonds is 15. The van der Waals surface area contributed by atoms with Gasteiger partial charge >= 0.3 is 17.1 Å². The molecule has 10 nitrogen and oxygen atoms in total. The van der Waals surface area contributed by atoms with Crippen LogP contribution < -0.4 is 10.1 Å². The Balaban J connectivity index is 1.35. The molecule has 242 valence electrons. The van der Waals surface area contributed by atoms with Gasteiger partial charge in [-0.15, -0.1) is 6.58 Å². The zero-order valence-electron chi connectivity index (χ0n) is 27.5. The molecular weight excluding hydrogens is 641 g/mol. The summed E-state index contributed by atoms with van der Waals surface area (Å²) in [6, 6.07) is 11.1. The first-order chi connectivity index (χ1) is 20.9. The average Bonchev–Trinajstić information content (AvgIpc) is 3.33. The summed E-state index contributed by atoms with van der Waals surface area (Å²) in [6.07, 6.45) is 1.68. The molecule has 0 bridgehead atoms. The van der Waals surface area contributed by atoms with Crippen LogP contribution in [0.3, 0.4) is 0 Å². The van der Waals surface area contributed by atoms with Crippen LogP contribution >= 0.6 is 0 Å². The van der Waals surface area contributed by atoms with E-state index in [2.05, 4.69) is 58.1 Å². The van der Waals surface area contributed by atoms with Gasteiger partial charge in [0.1, 0.15) is 11.5 Å². The molecule has 4 rings (SSSR count). The maximum atomic E-state index is 13.3. The predicted octanol–water partition coefficient (Wildman–Crippen LogP) is 6.72. The summed E-state index contributed by atoms with van der Waals surface area (Å²) < 4.78 is 25.9. The van der Waals surface area contributed by atoms with Crippen molar-refractivity contribution in [3.05, 3.63) is 70.9 Å². The van der Waals surface area contributed by atoms with Gasteiger partial charge in [0.25, 0.3) is 23.6 Å². The van der Waals surface area contributed by atoms with Crippen molar-refractivity contribution in [3.63, 3.8) is 0 Å². The number of fused-ring (bicyclic) bond motifs is 2. The van der Waals surface area contributed by atoms with Crippen LogP contribution in [0, 0.1) is 0 Å². The second kappa shape index (κ2) is 13.0. The highest BCUT2D eigenvalue weighted by atomic mass is 28.5. The van der Waals surface area contributed by atoms with E-state index in [1.54, 1.807) is 18.2 Å². The largest absolute Gasteiger partial charge is 0.457 e. The predicted molar refractivity (Wildman–Crippen MR) is 182 cm³/mol. The third kappa shape index (κ3) is 8.24. The zero-order valence-corrected chi connectivity index (χ0v) is 31.5. The van der Waals surface area contributed by atoms with Crippen LogP contribution in [0.15, 0.2) is 48.7 Å². The molecule has 0 spiro atoms. The van der Waals surface area contributed by atoms with Crippen molar-refractivity contribution in [2.45, 2.75) is 77.7 Å². The first-order valence-corrected chi connectivity index (χ1v) is 26.7. The second-order valence-electron chi connectivity index (χ2n) is 13.4. The number of benzene rings is 2. The van der Waals surface area contributed by atoms with Crippen molar-refractivity contribution >= 4 is 57.4 Å². The number of imide groups is 2. The minimum Gasteiger partial charge on any atom is -0.457 e. The Morgan fingerprint density at radius 1 is 0.733 bits per heavy atom. The van der Waals surface area contributed by atoms with E-state index in [0.29, 0.717) is 23.5 Å². The number of amides is 4. The van der Waals surface area contributed by atoms with Crippen molar-refractivity contribution in [2.24, 2.45) is 0 Å². The van der Waals surface area contributed by atoms with Crippen molar-refractivity contribution in [1.29, 1.82) is 0 Å². The molecule has 0 radical (unpaired) electrons. The van der Waals surface area contributed by atoms with Crippen LogP contribution in [-0.2, 0) is 12.3 Å². The highest BCUT2D eigenvalue weighted by Crippen LogP contribution is 2.32. The fourth-order valence-electron chi connectivity index (χ4n) is 6.08. The van der Waals surface area contributed by atoms with Gasteiger partial charge in [0.2, 0.25) is 0 Å². The highest BCUT2D eigenvalue weighted by molar-refractivity contribution is 6.91. The number of hydrogen-bond acceptors (Lipinski definition) is 8. The van der Waals surface area contributed by atoms with Gasteiger partial charge in [-0.05, 0) is 101 Å². The first kappa shape index (κ1) is 34.9. The van der Waals surface area contributed by atoms with E-state index >= 15 is 0 Å². The SMILES string of the molecule is C=C[Si](C)(O[Si](C)(C)CCC)O[Si](C)(C)O[Si](C)(C)CCCN1C(=O)c2ccc(Oc3ccc4c(c3)C(=O)NC4=O)cc2C1=O. The Morgan fingerprint density at radius 3 is 1.91 bits per heavy atom. The second-order valence-corrected chi connectivity index (χ2v) is 29.1.